The van der Waals surface area contributed by atoms with E-state index in [0.29, 0.717) is 47.4 Å². The Morgan fingerprint density at radius 3 is 2.58 bits per heavy atom. The van der Waals surface area contributed by atoms with Gasteiger partial charge in [0.05, 0.1) is 6.04 Å². The number of benzene rings is 1. The molecule has 1 aliphatic carbocycles. The van der Waals surface area contributed by atoms with E-state index in [2.05, 4.69) is 11.1 Å². The van der Waals surface area contributed by atoms with Crippen molar-refractivity contribution in [2.75, 3.05) is 18.8 Å². The van der Waals surface area contributed by atoms with Crippen molar-refractivity contribution >= 4 is 11.9 Å². The Balaban J connectivity index is 1.28. The van der Waals surface area contributed by atoms with Crippen LogP contribution in [0.1, 0.15) is 51.6 Å². The van der Waals surface area contributed by atoms with E-state index in [9.17, 15) is 10.1 Å². The molecule has 36 heavy (non-hydrogen) atoms. The number of carbonyl (C=O) groups is 1. The molecule has 0 bridgehead atoms. The van der Waals surface area contributed by atoms with E-state index in [1.54, 1.807) is 21.8 Å². The van der Waals surface area contributed by atoms with E-state index < -0.39 is 5.60 Å². The van der Waals surface area contributed by atoms with Crippen molar-refractivity contribution < 1.29 is 14.3 Å². The van der Waals surface area contributed by atoms with Crippen molar-refractivity contribution in [2.45, 2.75) is 51.7 Å². The number of rotatable bonds is 4. The number of hydrogen-bond donors (Lipinski definition) is 1. The van der Waals surface area contributed by atoms with Gasteiger partial charge in [-0.1, -0.05) is 18.2 Å². The molecule has 1 saturated carbocycles. The van der Waals surface area contributed by atoms with Crippen LogP contribution in [0.25, 0.3) is 11.3 Å². The zero-order valence-electron chi connectivity index (χ0n) is 20.8. The molecule has 1 aromatic carbocycles. The average molecular weight is 487 g/mol. The van der Waals surface area contributed by atoms with Gasteiger partial charge in [-0.3, -0.25) is 0 Å². The van der Waals surface area contributed by atoms with E-state index in [-0.39, 0.29) is 17.6 Å². The quantitative estimate of drug-likeness (QED) is 0.541. The van der Waals surface area contributed by atoms with Crippen molar-refractivity contribution in [3.8, 4) is 29.0 Å². The first-order valence-corrected chi connectivity index (χ1v) is 12.1. The molecule has 0 radical (unpaired) electrons. The molecule has 1 saturated heterocycles. The minimum atomic E-state index is -0.511. The Labute approximate surface area is 210 Å². The van der Waals surface area contributed by atoms with E-state index in [1.165, 1.54) is 0 Å². The molecule has 1 amide bonds. The largest absolute Gasteiger partial charge is 0.444 e. The maximum Gasteiger partial charge on any atom is 0.410 e. The highest BCUT2D eigenvalue weighted by atomic mass is 16.6. The summed E-state index contributed by atoms with van der Waals surface area (Å²) < 4.78 is 13.1. The fourth-order valence-corrected chi connectivity index (χ4v) is 5.09. The topological polar surface area (TPSA) is 119 Å². The predicted molar refractivity (Wildman–Crippen MR) is 134 cm³/mol. The summed E-state index contributed by atoms with van der Waals surface area (Å²) in [5.74, 6) is 1.51. The first-order valence-electron chi connectivity index (χ1n) is 12.1. The van der Waals surface area contributed by atoms with E-state index >= 15 is 0 Å². The lowest BCUT2D eigenvalue weighted by molar-refractivity contribution is 0.0188. The lowest BCUT2D eigenvalue weighted by Crippen LogP contribution is -2.43. The smallest absolute Gasteiger partial charge is 0.410 e. The number of para-hydroxylation sites is 1. The molecule has 5 rings (SSSR count). The summed E-state index contributed by atoms with van der Waals surface area (Å²) in [7, 11) is 0. The molecule has 0 atom stereocenters. The lowest BCUT2D eigenvalue weighted by Gasteiger charge is -2.45. The fourth-order valence-electron chi connectivity index (χ4n) is 5.09. The van der Waals surface area contributed by atoms with Crippen LogP contribution in [0.2, 0.25) is 0 Å². The number of nitriles is 1. The highest BCUT2D eigenvalue weighted by Gasteiger charge is 2.51. The molecule has 2 N–H and O–H groups in total. The van der Waals surface area contributed by atoms with Crippen LogP contribution in [0, 0.1) is 16.7 Å². The summed E-state index contributed by atoms with van der Waals surface area (Å²) in [4.78, 5) is 18.7. The summed E-state index contributed by atoms with van der Waals surface area (Å²) in [5.41, 5.74) is 7.46. The number of ether oxygens (including phenoxy) is 2. The first-order chi connectivity index (χ1) is 17.2. The molecular weight excluding hydrogens is 456 g/mol. The molecular formula is C27H30N6O3. The van der Waals surface area contributed by atoms with Crippen LogP contribution in [0.15, 0.2) is 48.7 Å². The number of nitrogens with two attached hydrogens (primary N) is 1. The van der Waals surface area contributed by atoms with Crippen molar-refractivity contribution in [1.82, 2.24) is 19.7 Å². The van der Waals surface area contributed by atoms with Crippen LogP contribution >= 0.6 is 0 Å². The van der Waals surface area contributed by atoms with Crippen molar-refractivity contribution in [1.29, 1.82) is 5.26 Å². The maximum atomic E-state index is 12.5. The zero-order valence-corrected chi connectivity index (χ0v) is 20.8. The average Bonchev–Trinajstić information content (AvgIpc) is 3.40. The molecule has 1 aliphatic heterocycles. The SMILES string of the molecule is CC(C)(C)OC(=O)N1CCC2(CC(n3nc(-c4ccc(Oc5ccccc5)nc4)c(C#N)c3N)C2)C1. The van der Waals surface area contributed by atoms with Crippen molar-refractivity contribution in [3.63, 3.8) is 0 Å². The standard InChI is InChI=1S/C27H30N6O3/c1-26(2,3)36-25(34)32-12-11-27(17-32)13-19(14-27)33-24(29)21(15-28)23(31-33)18-9-10-22(30-16-18)35-20-7-5-4-6-8-20/h4-10,16,19H,11-14,17,29H2,1-3H3. The number of hydrogen-bond acceptors (Lipinski definition) is 7. The van der Waals surface area contributed by atoms with Gasteiger partial charge in [0, 0.05) is 30.9 Å². The molecule has 0 unspecified atom stereocenters. The van der Waals surface area contributed by atoms with Gasteiger partial charge in [-0.05, 0) is 63.6 Å². The van der Waals surface area contributed by atoms with Gasteiger partial charge in [0.1, 0.15) is 34.5 Å². The molecule has 2 aliphatic rings. The molecule has 2 fully saturated rings. The summed E-state index contributed by atoms with van der Waals surface area (Å²) >= 11 is 0. The summed E-state index contributed by atoms with van der Waals surface area (Å²) in [6.45, 7) is 6.99. The number of likely N-dealkylation sites (tertiary alicyclic amines) is 1. The number of aromatic nitrogens is 3. The number of pyridine rings is 1. The predicted octanol–water partition coefficient (Wildman–Crippen LogP) is 5.15. The van der Waals surface area contributed by atoms with Gasteiger partial charge in [-0.15, -0.1) is 0 Å². The molecule has 9 heteroatoms. The number of anilines is 1. The first kappa shape index (κ1) is 23.7. The van der Waals surface area contributed by atoms with Crippen LogP contribution in [-0.4, -0.2) is 44.4 Å². The Kier molecular flexibility index (Phi) is 5.83. The van der Waals surface area contributed by atoms with Gasteiger partial charge >= 0.3 is 6.09 Å². The highest BCUT2D eigenvalue weighted by Crippen LogP contribution is 2.54. The number of nitrogens with zero attached hydrogens (tertiary/aromatic N) is 5. The summed E-state index contributed by atoms with van der Waals surface area (Å²) in [6.07, 6.45) is 4.01. The maximum absolute atomic E-state index is 12.5. The van der Waals surface area contributed by atoms with Gasteiger partial charge in [0.25, 0.3) is 0 Å². The third kappa shape index (κ3) is 4.59. The summed E-state index contributed by atoms with van der Waals surface area (Å²) in [6, 6.07) is 15.3. The molecule has 3 aromatic rings. The Hall–Kier alpha value is -4.06. The summed E-state index contributed by atoms with van der Waals surface area (Å²) in [5, 5.41) is 14.5. The molecule has 2 aromatic heterocycles. The minimum absolute atomic E-state index is 0.0465. The fraction of sp³-hybridized carbons (Fsp3) is 0.407. The zero-order chi connectivity index (χ0) is 25.5. The molecule has 3 heterocycles. The van der Waals surface area contributed by atoms with Gasteiger partial charge in [-0.2, -0.15) is 10.4 Å². The van der Waals surface area contributed by atoms with Crippen LogP contribution < -0.4 is 10.5 Å². The van der Waals surface area contributed by atoms with Gasteiger partial charge in [0.2, 0.25) is 5.88 Å². The van der Waals surface area contributed by atoms with Crippen LogP contribution in [0.5, 0.6) is 11.6 Å². The van der Waals surface area contributed by atoms with Gasteiger partial charge in [0.15, 0.2) is 0 Å². The Morgan fingerprint density at radius 2 is 1.94 bits per heavy atom. The van der Waals surface area contributed by atoms with E-state index in [0.717, 1.165) is 19.3 Å². The molecule has 1 spiro atoms. The molecule has 186 valence electrons. The van der Waals surface area contributed by atoms with Gasteiger partial charge in [-0.25, -0.2) is 14.5 Å². The monoisotopic (exact) mass is 486 g/mol. The minimum Gasteiger partial charge on any atom is -0.444 e. The number of carbonyl (C=O) groups excluding carboxylic acids is 1. The van der Waals surface area contributed by atoms with E-state index in [4.69, 9.17) is 20.3 Å². The lowest BCUT2D eigenvalue weighted by atomic mass is 9.65. The van der Waals surface area contributed by atoms with Crippen LogP contribution in [0.4, 0.5) is 10.6 Å². The Bertz CT molecular complexity index is 1300. The second-order valence-corrected chi connectivity index (χ2v) is 10.7. The number of nitrogen functional groups attached to an aromatic ring is 1. The second-order valence-electron chi connectivity index (χ2n) is 10.7. The van der Waals surface area contributed by atoms with Crippen molar-refractivity contribution in [2.24, 2.45) is 5.41 Å². The number of amides is 1. The van der Waals surface area contributed by atoms with Gasteiger partial charge < -0.3 is 20.1 Å². The van der Waals surface area contributed by atoms with E-state index in [1.807, 2.05) is 57.2 Å². The third-order valence-electron chi connectivity index (χ3n) is 6.81. The third-order valence-corrected chi connectivity index (χ3v) is 6.81. The second kappa shape index (κ2) is 8.86. The van der Waals surface area contributed by atoms with Crippen molar-refractivity contribution in [3.05, 3.63) is 54.2 Å². The molecule has 9 nitrogen and oxygen atoms in total. The van der Waals surface area contributed by atoms with Crippen LogP contribution in [-0.2, 0) is 4.74 Å². The highest BCUT2D eigenvalue weighted by molar-refractivity contribution is 5.72. The van der Waals surface area contributed by atoms with Crippen LogP contribution in [0.3, 0.4) is 0 Å². The normalized spacial score (nSPS) is 21.2. The Morgan fingerprint density at radius 1 is 1.19 bits per heavy atom.